The molecule has 1 amide bonds. The van der Waals surface area contributed by atoms with Gasteiger partial charge >= 0.3 is 0 Å². The Labute approximate surface area is 105 Å². The summed E-state index contributed by atoms with van der Waals surface area (Å²) in [5, 5.41) is 6.86. The number of amides is 1. The number of nitrogens with one attached hydrogen (secondary N) is 1. The van der Waals surface area contributed by atoms with E-state index in [9.17, 15) is 4.79 Å². The van der Waals surface area contributed by atoms with Crippen LogP contribution < -0.4 is 10.1 Å². The third kappa shape index (κ3) is 3.10. The van der Waals surface area contributed by atoms with Gasteiger partial charge in [0.2, 0.25) is 5.91 Å². The Balaban J connectivity index is 1.98. The first-order valence-electron chi connectivity index (χ1n) is 5.60. The molecule has 2 aromatic rings. The predicted octanol–water partition coefficient (Wildman–Crippen LogP) is 1.84. The molecule has 0 bridgehead atoms. The lowest BCUT2D eigenvalue weighted by atomic mass is 10.3. The second kappa shape index (κ2) is 5.35. The lowest BCUT2D eigenvalue weighted by molar-refractivity contribution is -0.116. The summed E-state index contributed by atoms with van der Waals surface area (Å²) in [7, 11) is 1.59. The van der Waals surface area contributed by atoms with Gasteiger partial charge in [-0.15, -0.1) is 0 Å². The van der Waals surface area contributed by atoms with Gasteiger partial charge in [0.25, 0.3) is 0 Å². The van der Waals surface area contributed by atoms with Crippen LogP contribution in [-0.4, -0.2) is 22.8 Å². The Morgan fingerprint density at radius 1 is 1.50 bits per heavy atom. The Hall–Kier alpha value is -2.30. The van der Waals surface area contributed by atoms with E-state index < -0.39 is 0 Å². The zero-order chi connectivity index (χ0) is 13.0. The van der Waals surface area contributed by atoms with Crippen molar-refractivity contribution in [2.45, 2.75) is 13.5 Å². The fourth-order valence-electron chi connectivity index (χ4n) is 1.60. The highest BCUT2D eigenvalue weighted by atomic mass is 16.5. The molecule has 0 saturated heterocycles. The number of ether oxygens (including phenoxy) is 1. The maximum atomic E-state index is 11.8. The Morgan fingerprint density at radius 3 is 3.00 bits per heavy atom. The standard InChI is InChI=1S/C13H15N3O2/c1-10-7-14-16(8-10)9-13(17)15-11-4-3-5-12(6-11)18-2/h3-8H,9H2,1-2H3,(H,15,17). The maximum Gasteiger partial charge on any atom is 0.246 e. The zero-order valence-corrected chi connectivity index (χ0v) is 10.4. The van der Waals surface area contributed by atoms with Crippen LogP contribution in [0.15, 0.2) is 36.7 Å². The van der Waals surface area contributed by atoms with Crippen molar-refractivity contribution in [2.75, 3.05) is 12.4 Å². The molecule has 1 N–H and O–H groups in total. The number of benzene rings is 1. The van der Waals surface area contributed by atoms with Gasteiger partial charge in [0.1, 0.15) is 12.3 Å². The van der Waals surface area contributed by atoms with E-state index in [1.165, 1.54) is 0 Å². The largest absolute Gasteiger partial charge is 0.497 e. The van der Waals surface area contributed by atoms with Gasteiger partial charge in [0.05, 0.1) is 13.3 Å². The first kappa shape index (κ1) is 12.2. The fraction of sp³-hybridized carbons (Fsp3) is 0.231. The van der Waals surface area contributed by atoms with Gasteiger partial charge in [-0.3, -0.25) is 9.48 Å². The van der Waals surface area contributed by atoms with Gasteiger partial charge in [-0.2, -0.15) is 5.10 Å². The molecule has 0 atom stereocenters. The van der Waals surface area contributed by atoms with E-state index in [1.54, 1.807) is 24.1 Å². The van der Waals surface area contributed by atoms with Crippen LogP contribution in [0.25, 0.3) is 0 Å². The van der Waals surface area contributed by atoms with Crippen LogP contribution in [0.3, 0.4) is 0 Å². The molecule has 0 aliphatic carbocycles. The van der Waals surface area contributed by atoms with Crippen LogP contribution in [0.1, 0.15) is 5.56 Å². The van der Waals surface area contributed by atoms with E-state index >= 15 is 0 Å². The highest BCUT2D eigenvalue weighted by Crippen LogP contribution is 2.16. The van der Waals surface area contributed by atoms with Crippen LogP contribution in [-0.2, 0) is 11.3 Å². The second-order valence-corrected chi connectivity index (χ2v) is 4.00. The molecule has 0 aliphatic heterocycles. The van der Waals surface area contributed by atoms with Crippen molar-refractivity contribution in [3.63, 3.8) is 0 Å². The molecule has 0 radical (unpaired) electrons. The van der Waals surface area contributed by atoms with E-state index in [-0.39, 0.29) is 12.5 Å². The normalized spacial score (nSPS) is 10.1. The Morgan fingerprint density at radius 2 is 2.33 bits per heavy atom. The molecule has 18 heavy (non-hydrogen) atoms. The topological polar surface area (TPSA) is 56.1 Å². The van der Waals surface area contributed by atoms with E-state index in [2.05, 4.69) is 10.4 Å². The molecule has 0 fully saturated rings. The minimum atomic E-state index is -0.119. The third-order valence-corrected chi connectivity index (χ3v) is 2.42. The highest BCUT2D eigenvalue weighted by Gasteiger charge is 2.05. The summed E-state index contributed by atoms with van der Waals surface area (Å²) in [6.45, 7) is 2.13. The molecule has 0 saturated carbocycles. The smallest absolute Gasteiger partial charge is 0.246 e. The first-order chi connectivity index (χ1) is 8.67. The van der Waals surface area contributed by atoms with Crippen LogP contribution >= 0.6 is 0 Å². The minimum absolute atomic E-state index is 0.119. The van der Waals surface area contributed by atoms with Gasteiger partial charge in [0.15, 0.2) is 0 Å². The summed E-state index contributed by atoms with van der Waals surface area (Å²) in [5.74, 6) is 0.592. The Bertz CT molecular complexity index is 549. The first-order valence-corrected chi connectivity index (χ1v) is 5.60. The molecule has 1 heterocycles. The predicted molar refractivity (Wildman–Crippen MR) is 68.6 cm³/mol. The number of methoxy groups -OCH3 is 1. The molecular weight excluding hydrogens is 230 g/mol. The van der Waals surface area contributed by atoms with E-state index in [4.69, 9.17) is 4.74 Å². The number of anilines is 1. The molecule has 0 unspecified atom stereocenters. The van der Waals surface area contributed by atoms with Crippen molar-refractivity contribution in [1.29, 1.82) is 0 Å². The molecule has 5 heteroatoms. The number of aromatic nitrogens is 2. The average molecular weight is 245 g/mol. The second-order valence-electron chi connectivity index (χ2n) is 4.00. The van der Waals surface area contributed by atoms with Crippen molar-refractivity contribution < 1.29 is 9.53 Å². The molecule has 0 spiro atoms. The SMILES string of the molecule is COc1cccc(NC(=O)Cn2cc(C)cn2)c1. The number of aryl methyl sites for hydroxylation is 1. The van der Waals surface area contributed by atoms with Gasteiger partial charge in [-0.1, -0.05) is 6.07 Å². The molecule has 94 valence electrons. The molecule has 1 aromatic carbocycles. The van der Waals surface area contributed by atoms with Crippen molar-refractivity contribution in [3.8, 4) is 5.75 Å². The average Bonchev–Trinajstić information content (AvgIpc) is 2.74. The zero-order valence-electron chi connectivity index (χ0n) is 10.4. The number of rotatable bonds is 4. The van der Waals surface area contributed by atoms with E-state index in [0.29, 0.717) is 11.4 Å². The molecule has 1 aromatic heterocycles. The van der Waals surface area contributed by atoms with Crippen LogP contribution in [0, 0.1) is 6.92 Å². The van der Waals surface area contributed by atoms with Gasteiger partial charge in [-0.25, -0.2) is 0 Å². The minimum Gasteiger partial charge on any atom is -0.497 e. The number of nitrogens with zero attached hydrogens (tertiary/aromatic N) is 2. The Kier molecular flexibility index (Phi) is 3.62. The summed E-state index contributed by atoms with van der Waals surface area (Å²) < 4.78 is 6.69. The van der Waals surface area contributed by atoms with Gasteiger partial charge in [0, 0.05) is 18.0 Å². The summed E-state index contributed by atoms with van der Waals surface area (Å²) in [5.41, 5.74) is 1.74. The lowest BCUT2D eigenvalue weighted by Gasteiger charge is -2.07. The number of hydrogen-bond acceptors (Lipinski definition) is 3. The number of carbonyl (C=O) groups excluding carboxylic acids is 1. The van der Waals surface area contributed by atoms with Gasteiger partial charge in [-0.05, 0) is 24.6 Å². The van der Waals surface area contributed by atoms with Crippen LogP contribution in [0.2, 0.25) is 0 Å². The fourth-order valence-corrected chi connectivity index (χ4v) is 1.60. The van der Waals surface area contributed by atoms with Crippen molar-refractivity contribution in [3.05, 3.63) is 42.2 Å². The van der Waals surface area contributed by atoms with E-state index in [1.807, 2.05) is 31.3 Å². The molecule has 2 rings (SSSR count). The number of carbonyl (C=O) groups is 1. The van der Waals surface area contributed by atoms with Crippen LogP contribution in [0.4, 0.5) is 5.69 Å². The van der Waals surface area contributed by atoms with Crippen molar-refractivity contribution in [2.24, 2.45) is 0 Å². The van der Waals surface area contributed by atoms with Gasteiger partial charge < -0.3 is 10.1 Å². The molecule has 5 nitrogen and oxygen atoms in total. The maximum absolute atomic E-state index is 11.8. The lowest BCUT2D eigenvalue weighted by Crippen LogP contribution is -2.18. The monoisotopic (exact) mass is 245 g/mol. The third-order valence-electron chi connectivity index (χ3n) is 2.42. The summed E-state index contributed by atoms with van der Waals surface area (Å²) in [6.07, 6.45) is 3.55. The van der Waals surface area contributed by atoms with E-state index in [0.717, 1.165) is 5.56 Å². The van der Waals surface area contributed by atoms with Crippen molar-refractivity contribution in [1.82, 2.24) is 9.78 Å². The number of hydrogen-bond donors (Lipinski definition) is 1. The summed E-state index contributed by atoms with van der Waals surface area (Å²) in [4.78, 5) is 11.8. The van der Waals surface area contributed by atoms with Crippen LogP contribution in [0.5, 0.6) is 5.75 Å². The van der Waals surface area contributed by atoms with Crippen molar-refractivity contribution >= 4 is 11.6 Å². The quantitative estimate of drug-likeness (QED) is 0.894. The molecule has 0 aliphatic rings. The summed E-state index contributed by atoms with van der Waals surface area (Å²) >= 11 is 0. The summed E-state index contributed by atoms with van der Waals surface area (Å²) in [6, 6.07) is 7.24. The molecular formula is C13H15N3O2. The highest BCUT2D eigenvalue weighted by molar-refractivity contribution is 5.90.